The van der Waals surface area contributed by atoms with Gasteiger partial charge in [0, 0.05) is 95.1 Å². The quantitative estimate of drug-likeness (QED) is 0.104. The Kier molecular flexibility index (Phi) is 33.2. The standard InChI is InChI=1S/C43H42N2.C34H32N2.C26H16N2.C25H15N3.4Pt/c1-27-20-29(3)37(21-28(27)2)31-16-18-44-40(25-31)33-23-38-35(14-11-15-36(38)39(24-33)43(7,8)9)30-12-10-13-32(22-30)41-26-34(17-19-45-41)42(4,5)6;1-33(2,3)27-15-17-35-31(21-27)25-11-7-10-24(19-25)29-12-8-9-23-13-14-26(20-30(23)29)32-22-28(16-18-36-32)34(4,5)6;1-3-15-27-25(11-1)21-9-5-8-20(17-21)23-10-6-7-19-13-14-22(18-24(19)23)26-12-2-4-16-28-26;1-2-13-27-24(9-1)21-11-10-18-5-4-8-22(23(18)16-21)19-6-3-7-20(15-19)25-12-14-26-17-28-25;;;;/h10-21,24-26H,1-9H3;7-18,21-22H,1-6H3;1-16H;1-14,17H;;;;/q4*-2;4*+2. The summed E-state index contributed by atoms with van der Waals surface area (Å²) in [7, 11) is 0. The van der Waals surface area contributed by atoms with Gasteiger partial charge in [-0.1, -0.05) is 323 Å². The van der Waals surface area contributed by atoms with Gasteiger partial charge in [0.05, 0.1) is 0 Å². The molecular formula is C128H105N9Pt4. The molecule has 13 heteroatoms. The summed E-state index contributed by atoms with van der Waals surface area (Å²) in [4.78, 5) is 40.6. The third-order valence-corrected chi connectivity index (χ3v) is 25.0. The molecule has 0 fully saturated rings. The van der Waals surface area contributed by atoms with Crippen LogP contribution in [0, 0.1) is 69.3 Å². The molecule has 0 aliphatic heterocycles. The average molecular weight is 2550 g/mol. The van der Waals surface area contributed by atoms with E-state index in [1.54, 1.807) is 24.9 Å². The van der Waals surface area contributed by atoms with Crippen LogP contribution in [0.15, 0.2) is 365 Å². The molecule has 13 aromatic carbocycles. The number of aryl methyl sites for hydroxylation is 3. The van der Waals surface area contributed by atoms with Crippen molar-refractivity contribution >= 4 is 43.1 Å². The van der Waals surface area contributed by atoms with Gasteiger partial charge in [-0.2, -0.15) is 0 Å². The largest absolute Gasteiger partial charge is 2.00 e. The number of fused-ring (bicyclic) bond motifs is 4. The Hall–Kier alpha value is -13.2. The predicted octanol–water partition coefficient (Wildman–Crippen LogP) is 32.1. The van der Waals surface area contributed by atoms with Crippen molar-refractivity contribution in [1.82, 2.24) is 44.9 Å². The van der Waals surface area contributed by atoms with Crippen LogP contribution >= 0.6 is 0 Å². The van der Waals surface area contributed by atoms with Crippen LogP contribution in [0.25, 0.3) is 189 Å². The van der Waals surface area contributed by atoms with Gasteiger partial charge in [-0.05, 0) is 129 Å². The number of hydrogen-bond acceptors (Lipinski definition) is 9. The average Bonchev–Trinajstić information content (AvgIpc) is 0.716. The molecule has 0 saturated heterocycles. The van der Waals surface area contributed by atoms with Crippen molar-refractivity contribution in [2.75, 3.05) is 0 Å². The monoisotopic (exact) mass is 2550 g/mol. The maximum atomic E-state index is 4.87. The van der Waals surface area contributed by atoms with Gasteiger partial charge in [-0.15, -0.1) is 213 Å². The second kappa shape index (κ2) is 45.1. The van der Waals surface area contributed by atoms with Crippen LogP contribution < -0.4 is 0 Å². The van der Waals surface area contributed by atoms with Crippen molar-refractivity contribution in [2.45, 2.75) is 126 Å². The Balaban J connectivity index is 0.000000151. The molecule has 0 spiro atoms. The Labute approximate surface area is 888 Å². The Bertz CT molecular complexity index is 7780. The van der Waals surface area contributed by atoms with Crippen molar-refractivity contribution in [2.24, 2.45) is 0 Å². The van der Waals surface area contributed by atoms with E-state index in [2.05, 4.69) is 418 Å². The topological polar surface area (TPSA) is 116 Å². The molecule has 0 aliphatic carbocycles. The summed E-state index contributed by atoms with van der Waals surface area (Å²) in [5, 5.41) is 8.92. The minimum Gasteiger partial charge on any atom is -0.295 e. The van der Waals surface area contributed by atoms with Crippen LogP contribution in [-0.4, -0.2) is 44.9 Å². The van der Waals surface area contributed by atoms with Crippen LogP contribution in [0.2, 0.25) is 0 Å². The molecule has 0 radical (unpaired) electrons. The molecule has 21 rings (SSSR count). The molecule has 9 nitrogen and oxygen atoms in total. The van der Waals surface area contributed by atoms with Gasteiger partial charge in [0.1, 0.15) is 6.33 Å². The van der Waals surface area contributed by atoms with E-state index in [1.165, 1.54) is 55.5 Å². The molecule has 0 aliphatic rings. The number of aromatic nitrogens is 9. The first-order chi connectivity index (χ1) is 66.1. The maximum absolute atomic E-state index is 4.87. The second-order valence-electron chi connectivity index (χ2n) is 38.9. The van der Waals surface area contributed by atoms with E-state index in [0.717, 1.165) is 172 Å². The minimum atomic E-state index is -0.0775. The number of pyridine rings is 7. The number of benzene rings is 13. The molecule has 21 aromatic rings. The fourth-order valence-corrected chi connectivity index (χ4v) is 17.3. The first-order valence-electron chi connectivity index (χ1n) is 46.6. The summed E-state index contributed by atoms with van der Waals surface area (Å²) < 4.78 is 0. The van der Waals surface area contributed by atoms with E-state index < -0.39 is 0 Å². The molecule has 8 aromatic heterocycles. The first-order valence-corrected chi connectivity index (χ1v) is 46.6. The summed E-state index contributed by atoms with van der Waals surface area (Å²) >= 11 is 0. The second-order valence-corrected chi connectivity index (χ2v) is 38.9. The minimum absolute atomic E-state index is 0. The Morgan fingerprint density at radius 1 is 0.199 bits per heavy atom. The van der Waals surface area contributed by atoms with E-state index >= 15 is 0 Å². The van der Waals surface area contributed by atoms with E-state index in [4.69, 9.17) is 9.97 Å². The van der Waals surface area contributed by atoms with Crippen LogP contribution in [0.1, 0.15) is 122 Å². The molecule has 0 atom stereocenters. The van der Waals surface area contributed by atoms with E-state index in [9.17, 15) is 0 Å². The molecule has 0 N–H and O–H groups in total. The molecule has 702 valence electrons. The Morgan fingerprint density at radius 3 is 0.887 bits per heavy atom. The van der Waals surface area contributed by atoms with Crippen LogP contribution in [-0.2, 0) is 106 Å². The summed E-state index contributed by atoms with van der Waals surface area (Å²) in [6.07, 6.45) is 16.3. The van der Waals surface area contributed by atoms with Gasteiger partial charge < -0.3 is 0 Å². The summed E-state index contributed by atoms with van der Waals surface area (Å²) in [5.41, 5.74) is 35.2. The van der Waals surface area contributed by atoms with Gasteiger partial charge >= 0.3 is 84.3 Å². The molecule has 0 amide bonds. The van der Waals surface area contributed by atoms with Gasteiger partial charge in [0.2, 0.25) is 0 Å². The Morgan fingerprint density at radius 2 is 0.518 bits per heavy atom. The molecule has 0 saturated carbocycles. The summed E-state index contributed by atoms with van der Waals surface area (Å²) in [6.45, 7) is 33.4. The third-order valence-electron chi connectivity index (χ3n) is 25.0. The first kappa shape index (κ1) is 104. The SMILES string of the molecule is CC(C)(C)c1ccnc(-c2[c-]c(-c3cccc4ccc(-c5cc(C(C)(C)C)ccn5)[c-]c34)ccc2)c1.Cc1cc(C)c(-c2ccnc(-c3[c-]c4c(-c5[c-]c(-c6cc(C(C)(C)C)ccn6)ccc5)cccc4c(C(C)(C)C)c3)c2)cc1C.[Pt+2].[Pt+2].[Pt+2].[Pt+2].[c-]1c(-c2ccccn2)cccc1-c1cccc2ccc(-c3ccccn3)[c-]c12.[c-]1c(-c2ccncn2)cccc1-c1cccc2ccc(-c3ccccn3)[c-]c12. The van der Waals surface area contributed by atoms with Gasteiger partial charge in [0.15, 0.2) is 0 Å². The van der Waals surface area contributed by atoms with Crippen molar-refractivity contribution in [3.8, 4) is 146 Å². The number of nitrogens with zero attached hydrogens (tertiary/aromatic N) is 9. The number of hydrogen-bond donors (Lipinski definition) is 0. The number of rotatable bonds is 13. The van der Waals surface area contributed by atoms with Crippen LogP contribution in [0.5, 0.6) is 0 Å². The smallest absolute Gasteiger partial charge is 0.295 e. The molecular weight excluding hydrogens is 2440 g/mol. The van der Waals surface area contributed by atoms with Crippen molar-refractivity contribution in [1.29, 1.82) is 0 Å². The molecule has 0 bridgehead atoms. The fraction of sp³-hybridized carbons (Fsp3) is 0.148. The van der Waals surface area contributed by atoms with E-state index in [1.807, 2.05) is 110 Å². The van der Waals surface area contributed by atoms with Gasteiger partial charge in [-0.3, -0.25) is 39.9 Å². The predicted molar refractivity (Wildman–Crippen MR) is 566 cm³/mol. The summed E-state index contributed by atoms with van der Waals surface area (Å²) in [5.74, 6) is 0. The zero-order chi connectivity index (χ0) is 95.1. The van der Waals surface area contributed by atoms with Crippen LogP contribution in [0.4, 0.5) is 0 Å². The van der Waals surface area contributed by atoms with E-state index in [-0.39, 0.29) is 106 Å². The van der Waals surface area contributed by atoms with Crippen molar-refractivity contribution < 1.29 is 84.3 Å². The molecule has 0 unspecified atom stereocenters. The fourth-order valence-electron chi connectivity index (χ4n) is 17.3. The maximum Gasteiger partial charge on any atom is 2.00 e. The molecule has 141 heavy (non-hydrogen) atoms. The van der Waals surface area contributed by atoms with Gasteiger partial charge in [0.25, 0.3) is 0 Å². The van der Waals surface area contributed by atoms with Crippen LogP contribution in [0.3, 0.4) is 0 Å². The molecule has 8 heterocycles. The summed E-state index contributed by atoms with van der Waals surface area (Å²) in [6, 6.07) is 136. The van der Waals surface area contributed by atoms with E-state index in [0.29, 0.717) is 0 Å². The zero-order valence-electron chi connectivity index (χ0n) is 81.4. The van der Waals surface area contributed by atoms with Crippen molar-refractivity contribution in [3.05, 3.63) is 453 Å². The normalized spacial score (nSPS) is 11.3. The third kappa shape index (κ3) is 24.2. The van der Waals surface area contributed by atoms with Gasteiger partial charge in [-0.25, -0.2) is 4.98 Å². The van der Waals surface area contributed by atoms with Crippen molar-refractivity contribution in [3.63, 3.8) is 0 Å². The zero-order valence-corrected chi connectivity index (χ0v) is 90.5.